The molecular weight excluding hydrogens is 410 g/mol. The third kappa shape index (κ3) is 3.58. The molecule has 0 saturated heterocycles. The minimum Gasteiger partial charge on any atom is -0.455 e. The first-order chi connectivity index (χ1) is 13.8. The molecule has 4 aromatic rings. The molecule has 4 rings (SSSR count). The van der Waals surface area contributed by atoms with Crippen LogP contribution >= 0.6 is 11.6 Å². The van der Waals surface area contributed by atoms with Gasteiger partial charge in [-0.2, -0.15) is 0 Å². The van der Waals surface area contributed by atoms with Crippen LogP contribution in [-0.4, -0.2) is 8.42 Å². The Morgan fingerprint density at radius 3 is 2.24 bits per heavy atom. The fraction of sp³-hybridized carbons (Fsp3) is 0.0455. The topological polar surface area (TPSA) is 90.4 Å². The summed E-state index contributed by atoms with van der Waals surface area (Å²) in [6, 6.07) is 18.2. The zero-order chi connectivity index (χ0) is 20.8. The predicted molar refractivity (Wildman–Crippen MR) is 114 cm³/mol. The lowest BCUT2D eigenvalue weighted by molar-refractivity contribution is 0.597. The van der Waals surface area contributed by atoms with Crippen LogP contribution in [0.5, 0.6) is 0 Å². The minimum atomic E-state index is -3.83. The zero-order valence-corrected chi connectivity index (χ0v) is 16.9. The number of nitrogens with two attached hydrogens (primary N) is 1. The van der Waals surface area contributed by atoms with Crippen LogP contribution in [-0.2, 0) is 10.0 Å². The molecule has 0 fully saturated rings. The summed E-state index contributed by atoms with van der Waals surface area (Å²) in [7, 11) is -3.83. The third-order valence-corrected chi connectivity index (χ3v) is 6.04. The quantitative estimate of drug-likeness (QED) is 0.513. The van der Waals surface area contributed by atoms with E-state index in [1.165, 1.54) is 12.1 Å². The normalized spacial score (nSPS) is 11.7. The van der Waals surface area contributed by atoms with Crippen molar-refractivity contribution < 1.29 is 12.8 Å². The Morgan fingerprint density at radius 1 is 0.931 bits per heavy atom. The highest BCUT2D eigenvalue weighted by atomic mass is 35.5. The van der Waals surface area contributed by atoms with Crippen molar-refractivity contribution in [3.8, 4) is 22.5 Å². The highest BCUT2D eigenvalue weighted by molar-refractivity contribution is 7.89. The van der Waals surface area contributed by atoms with E-state index in [0.717, 1.165) is 5.56 Å². The predicted octanol–water partition coefficient (Wildman–Crippen LogP) is 4.74. The fourth-order valence-electron chi connectivity index (χ4n) is 3.15. The highest BCUT2D eigenvalue weighted by Crippen LogP contribution is 2.34. The van der Waals surface area contributed by atoms with Crippen molar-refractivity contribution in [3.05, 3.63) is 87.5 Å². The Labute approximate surface area is 172 Å². The second-order valence-corrected chi connectivity index (χ2v) is 8.63. The van der Waals surface area contributed by atoms with Gasteiger partial charge in [0.15, 0.2) is 0 Å². The van der Waals surface area contributed by atoms with E-state index in [1.54, 1.807) is 42.5 Å². The van der Waals surface area contributed by atoms with Crippen molar-refractivity contribution in [2.75, 3.05) is 0 Å². The molecule has 0 spiro atoms. The van der Waals surface area contributed by atoms with Crippen LogP contribution in [0.2, 0.25) is 5.02 Å². The van der Waals surface area contributed by atoms with Crippen LogP contribution < -0.4 is 10.6 Å². The number of halogens is 1. The van der Waals surface area contributed by atoms with Crippen LogP contribution in [0.3, 0.4) is 0 Å². The van der Waals surface area contributed by atoms with Gasteiger partial charge in [-0.15, -0.1) is 0 Å². The minimum absolute atomic E-state index is 0.0238. The summed E-state index contributed by atoms with van der Waals surface area (Å²) in [5.41, 5.74) is 2.65. The molecule has 0 aliphatic rings. The first-order valence-electron chi connectivity index (χ1n) is 8.71. The van der Waals surface area contributed by atoms with E-state index in [2.05, 4.69) is 0 Å². The smallest absolute Gasteiger partial charge is 0.238 e. The number of hydrogen-bond donors (Lipinski definition) is 1. The van der Waals surface area contributed by atoms with Crippen LogP contribution in [0.1, 0.15) is 5.56 Å². The summed E-state index contributed by atoms with van der Waals surface area (Å²) < 4.78 is 29.2. The van der Waals surface area contributed by atoms with Gasteiger partial charge in [0.2, 0.25) is 15.5 Å². The molecule has 0 saturated carbocycles. The van der Waals surface area contributed by atoms with Crippen molar-refractivity contribution in [2.45, 2.75) is 11.8 Å². The Balaban J connectivity index is 2.04. The second-order valence-electron chi connectivity index (χ2n) is 6.66. The molecule has 146 valence electrons. The van der Waals surface area contributed by atoms with Gasteiger partial charge in [0.25, 0.3) is 0 Å². The summed E-state index contributed by atoms with van der Waals surface area (Å²) >= 11 is 6.29. The average Bonchev–Trinajstić information content (AvgIpc) is 2.70. The summed E-state index contributed by atoms with van der Waals surface area (Å²) in [6.45, 7) is 1.88. The fourth-order valence-corrected chi connectivity index (χ4v) is 3.85. The van der Waals surface area contributed by atoms with Gasteiger partial charge in [-0.05, 0) is 60.5 Å². The van der Waals surface area contributed by atoms with Crippen molar-refractivity contribution in [1.29, 1.82) is 0 Å². The molecule has 0 bridgehead atoms. The second kappa shape index (κ2) is 7.15. The number of aryl methyl sites for hydroxylation is 1. The molecule has 1 heterocycles. The van der Waals surface area contributed by atoms with Crippen LogP contribution in [0.4, 0.5) is 0 Å². The first-order valence-corrected chi connectivity index (χ1v) is 10.6. The SMILES string of the molecule is Cc1ccc(-c2c(-c3ccc(S(N)(=O)=O)cc3)oc3ccccc3c2=O)cc1Cl. The molecule has 29 heavy (non-hydrogen) atoms. The van der Waals surface area contributed by atoms with E-state index in [9.17, 15) is 13.2 Å². The van der Waals surface area contributed by atoms with E-state index in [1.807, 2.05) is 19.1 Å². The summed E-state index contributed by atoms with van der Waals surface area (Å²) in [4.78, 5) is 13.3. The first kappa shape index (κ1) is 19.4. The Kier molecular flexibility index (Phi) is 4.78. The average molecular weight is 426 g/mol. The van der Waals surface area contributed by atoms with Gasteiger partial charge in [0.05, 0.1) is 15.8 Å². The van der Waals surface area contributed by atoms with Gasteiger partial charge >= 0.3 is 0 Å². The molecule has 0 radical (unpaired) electrons. The lowest BCUT2D eigenvalue weighted by Gasteiger charge is -2.12. The van der Waals surface area contributed by atoms with E-state index >= 15 is 0 Å². The molecule has 0 amide bonds. The van der Waals surface area contributed by atoms with Crippen molar-refractivity contribution >= 4 is 32.6 Å². The molecule has 0 unspecified atom stereocenters. The van der Waals surface area contributed by atoms with Crippen molar-refractivity contribution in [1.82, 2.24) is 0 Å². The van der Waals surface area contributed by atoms with E-state index in [4.69, 9.17) is 21.2 Å². The number of fused-ring (bicyclic) bond motifs is 1. The molecule has 5 nitrogen and oxygen atoms in total. The van der Waals surface area contributed by atoms with Crippen LogP contribution in [0, 0.1) is 6.92 Å². The van der Waals surface area contributed by atoms with Crippen molar-refractivity contribution in [3.63, 3.8) is 0 Å². The number of primary sulfonamides is 1. The van der Waals surface area contributed by atoms with Gasteiger partial charge in [0.1, 0.15) is 11.3 Å². The summed E-state index contributed by atoms with van der Waals surface area (Å²) in [5.74, 6) is 0.328. The summed E-state index contributed by atoms with van der Waals surface area (Å²) in [5, 5.41) is 6.16. The van der Waals surface area contributed by atoms with Gasteiger partial charge in [-0.25, -0.2) is 13.6 Å². The zero-order valence-electron chi connectivity index (χ0n) is 15.3. The van der Waals surface area contributed by atoms with Crippen molar-refractivity contribution in [2.24, 2.45) is 5.14 Å². The van der Waals surface area contributed by atoms with Gasteiger partial charge in [0, 0.05) is 10.6 Å². The third-order valence-electron chi connectivity index (χ3n) is 4.70. The lowest BCUT2D eigenvalue weighted by atomic mass is 9.97. The Morgan fingerprint density at radius 2 is 1.59 bits per heavy atom. The number of hydrogen-bond acceptors (Lipinski definition) is 4. The Hall–Kier alpha value is -2.93. The Bertz CT molecular complexity index is 1410. The molecule has 7 heteroatoms. The maximum atomic E-state index is 13.3. The summed E-state index contributed by atoms with van der Waals surface area (Å²) in [6.07, 6.45) is 0. The van der Waals surface area contributed by atoms with Gasteiger partial charge < -0.3 is 4.42 Å². The van der Waals surface area contributed by atoms with Crippen LogP contribution in [0.15, 0.2) is 80.8 Å². The van der Waals surface area contributed by atoms with E-state index in [0.29, 0.717) is 38.4 Å². The molecule has 0 aliphatic heterocycles. The van der Waals surface area contributed by atoms with Gasteiger partial charge in [-0.1, -0.05) is 35.9 Å². The number of para-hydroxylation sites is 1. The molecule has 0 aliphatic carbocycles. The maximum Gasteiger partial charge on any atom is 0.238 e. The monoisotopic (exact) mass is 425 g/mol. The van der Waals surface area contributed by atoms with E-state index < -0.39 is 10.0 Å². The molecular formula is C22H16ClNO4S. The molecule has 0 atom stereocenters. The van der Waals surface area contributed by atoms with Crippen LogP contribution in [0.25, 0.3) is 33.4 Å². The standard InChI is InChI=1S/C22H16ClNO4S/c1-13-6-7-15(12-18(13)23)20-21(25)17-4-2-3-5-19(17)28-22(20)14-8-10-16(11-9-14)29(24,26)27/h2-12H,1H3,(H2,24,26,27). The number of rotatable bonds is 3. The van der Waals surface area contributed by atoms with Gasteiger partial charge in [-0.3, -0.25) is 4.79 Å². The van der Waals surface area contributed by atoms with E-state index in [-0.39, 0.29) is 10.3 Å². The molecule has 3 aromatic carbocycles. The molecule has 1 aromatic heterocycles. The lowest BCUT2D eigenvalue weighted by Crippen LogP contribution is -2.12. The number of benzene rings is 3. The largest absolute Gasteiger partial charge is 0.455 e. The molecule has 2 N–H and O–H groups in total. The maximum absolute atomic E-state index is 13.3. The number of sulfonamides is 1. The highest BCUT2D eigenvalue weighted by Gasteiger charge is 2.19.